The lowest BCUT2D eigenvalue weighted by Crippen LogP contribution is -2.12. The van der Waals surface area contributed by atoms with Crippen molar-refractivity contribution in [3.05, 3.63) is 58.1 Å². The van der Waals surface area contributed by atoms with E-state index in [9.17, 15) is 0 Å². The molecule has 19 heavy (non-hydrogen) atoms. The van der Waals surface area contributed by atoms with Crippen molar-refractivity contribution < 1.29 is 0 Å². The van der Waals surface area contributed by atoms with E-state index in [1.54, 1.807) is 6.07 Å². The van der Waals surface area contributed by atoms with Gasteiger partial charge in [-0.3, -0.25) is 0 Å². The topological polar surface area (TPSA) is 15.3 Å². The molecule has 100 valence electrons. The summed E-state index contributed by atoms with van der Waals surface area (Å²) < 4.78 is 0. The largest absolute Gasteiger partial charge is 0.381 e. The van der Waals surface area contributed by atoms with Gasteiger partial charge in [0.1, 0.15) is 0 Å². The summed E-state index contributed by atoms with van der Waals surface area (Å²) >= 11 is 11.9. The van der Waals surface area contributed by atoms with Crippen molar-refractivity contribution >= 4 is 34.6 Å². The van der Waals surface area contributed by atoms with Gasteiger partial charge in [-0.05, 0) is 29.8 Å². The molecule has 4 heteroatoms. The van der Waals surface area contributed by atoms with Crippen LogP contribution >= 0.6 is 23.2 Å². The third kappa shape index (κ3) is 3.55. The first-order chi connectivity index (χ1) is 9.08. The number of nitrogens with one attached hydrogen (secondary N) is 1. The summed E-state index contributed by atoms with van der Waals surface area (Å²) in [7, 11) is 4.08. The zero-order chi connectivity index (χ0) is 13.8. The maximum absolute atomic E-state index is 6.00. The molecule has 2 aromatic rings. The molecule has 0 aromatic heterocycles. The SMILES string of the molecule is CN(C)c1ccccc1CNc1ccc(Cl)c(Cl)c1. The molecule has 1 N–H and O–H groups in total. The van der Waals surface area contributed by atoms with Gasteiger partial charge >= 0.3 is 0 Å². The smallest absolute Gasteiger partial charge is 0.0612 e. The van der Waals surface area contributed by atoms with Crippen LogP contribution < -0.4 is 10.2 Å². The lowest BCUT2D eigenvalue weighted by molar-refractivity contribution is 1.07. The molecule has 2 nitrogen and oxygen atoms in total. The van der Waals surface area contributed by atoms with Gasteiger partial charge in [0.15, 0.2) is 0 Å². The minimum Gasteiger partial charge on any atom is -0.381 e. The minimum absolute atomic E-state index is 0.563. The summed E-state index contributed by atoms with van der Waals surface area (Å²) in [5, 5.41) is 4.49. The van der Waals surface area contributed by atoms with Crippen LogP contribution in [0.1, 0.15) is 5.56 Å². The molecule has 2 aromatic carbocycles. The average Bonchev–Trinajstić information content (AvgIpc) is 2.40. The summed E-state index contributed by atoms with van der Waals surface area (Å²) in [5.41, 5.74) is 3.40. The van der Waals surface area contributed by atoms with E-state index in [-0.39, 0.29) is 0 Å². The second-order valence-corrected chi connectivity index (χ2v) is 5.32. The van der Waals surface area contributed by atoms with Crippen molar-refractivity contribution in [2.24, 2.45) is 0 Å². The van der Waals surface area contributed by atoms with Crippen LogP contribution in [-0.4, -0.2) is 14.1 Å². The van der Waals surface area contributed by atoms with Crippen molar-refractivity contribution in [3.63, 3.8) is 0 Å². The molecule has 0 bridgehead atoms. The Labute approximate surface area is 123 Å². The number of halogens is 2. The van der Waals surface area contributed by atoms with Crippen LogP contribution in [0.3, 0.4) is 0 Å². The molecule has 0 unspecified atom stereocenters. The Balaban J connectivity index is 2.12. The number of rotatable bonds is 4. The van der Waals surface area contributed by atoms with Crippen LogP contribution in [0.15, 0.2) is 42.5 Å². The lowest BCUT2D eigenvalue weighted by Gasteiger charge is -2.18. The predicted octanol–water partition coefficient (Wildman–Crippen LogP) is 4.67. The third-order valence-corrected chi connectivity index (χ3v) is 3.62. The monoisotopic (exact) mass is 294 g/mol. The molecule has 0 amide bonds. The van der Waals surface area contributed by atoms with Crippen LogP contribution in [0, 0.1) is 0 Å². The molecular formula is C15H16Cl2N2. The number of para-hydroxylation sites is 1. The first-order valence-electron chi connectivity index (χ1n) is 6.02. The standard InChI is InChI=1S/C15H16Cl2N2/c1-19(2)15-6-4-3-5-11(15)10-18-12-7-8-13(16)14(17)9-12/h3-9,18H,10H2,1-2H3. The Bertz CT molecular complexity index is 568. The van der Waals surface area contributed by atoms with Crippen LogP contribution in [0.4, 0.5) is 11.4 Å². The number of nitrogens with zero attached hydrogens (tertiary/aromatic N) is 1. The Kier molecular flexibility index (Phi) is 4.56. The van der Waals surface area contributed by atoms with Gasteiger partial charge in [0, 0.05) is 32.0 Å². The summed E-state index contributed by atoms with van der Waals surface area (Å²) in [6.45, 7) is 0.742. The van der Waals surface area contributed by atoms with E-state index in [1.807, 2.05) is 38.4 Å². The zero-order valence-corrected chi connectivity index (χ0v) is 12.5. The fraction of sp³-hybridized carbons (Fsp3) is 0.200. The van der Waals surface area contributed by atoms with Crippen LogP contribution in [0.2, 0.25) is 10.0 Å². The predicted molar refractivity (Wildman–Crippen MR) is 84.6 cm³/mol. The molecule has 0 aliphatic rings. The third-order valence-electron chi connectivity index (χ3n) is 2.88. The van der Waals surface area contributed by atoms with Gasteiger partial charge in [-0.15, -0.1) is 0 Å². The quantitative estimate of drug-likeness (QED) is 0.881. The lowest BCUT2D eigenvalue weighted by atomic mass is 10.1. The highest BCUT2D eigenvalue weighted by Crippen LogP contribution is 2.26. The molecule has 2 rings (SSSR count). The first-order valence-corrected chi connectivity index (χ1v) is 6.77. The van der Waals surface area contributed by atoms with Crippen molar-refractivity contribution in [2.75, 3.05) is 24.3 Å². The maximum atomic E-state index is 6.00. The van der Waals surface area contributed by atoms with E-state index < -0.39 is 0 Å². The number of hydrogen-bond donors (Lipinski definition) is 1. The molecule has 0 saturated carbocycles. The van der Waals surface area contributed by atoms with Gasteiger partial charge in [0.2, 0.25) is 0 Å². The Morgan fingerprint density at radius 2 is 1.74 bits per heavy atom. The second kappa shape index (κ2) is 6.18. The molecule has 0 aliphatic carbocycles. The number of anilines is 2. The fourth-order valence-corrected chi connectivity index (χ4v) is 2.20. The molecule has 0 fully saturated rings. The highest BCUT2D eigenvalue weighted by Gasteiger charge is 2.04. The molecule has 0 radical (unpaired) electrons. The summed E-state index contributed by atoms with van der Waals surface area (Å²) in [5.74, 6) is 0. The van der Waals surface area contributed by atoms with Gasteiger partial charge in [-0.1, -0.05) is 41.4 Å². The molecular weight excluding hydrogens is 279 g/mol. The summed E-state index contributed by atoms with van der Waals surface area (Å²) in [6, 6.07) is 13.8. The molecule has 0 spiro atoms. The Morgan fingerprint density at radius 1 is 1.00 bits per heavy atom. The normalized spacial score (nSPS) is 10.3. The van der Waals surface area contributed by atoms with Gasteiger partial charge in [0.25, 0.3) is 0 Å². The fourth-order valence-electron chi connectivity index (χ4n) is 1.90. The zero-order valence-electron chi connectivity index (χ0n) is 11.0. The van der Waals surface area contributed by atoms with Crippen molar-refractivity contribution in [1.82, 2.24) is 0 Å². The van der Waals surface area contributed by atoms with Crippen molar-refractivity contribution in [1.29, 1.82) is 0 Å². The van der Waals surface area contributed by atoms with Crippen molar-refractivity contribution in [2.45, 2.75) is 6.54 Å². The Hall–Kier alpha value is -1.38. The highest BCUT2D eigenvalue weighted by atomic mass is 35.5. The summed E-state index contributed by atoms with van der Waals surface area (Å²) in [4.78, 5) is 2.10. The minimum atomic E-state index is 0.563. The van der Waals surface area contributed by atoms with E-state index in [1.165, 1.54) is 11.3 Å². The van der Waals surface area contributed by atoms with E-state index in [0.717, 1.165) is 12.2 Å². The van der Waals surface area contributed by atoms with Crippen LogP contribution in [0.5, 0.6) is 0 Å². The number of hydrogen-bond acceptors (Lipinski definition) is 2. The van der Waals surface area contributed by atoms with Crippen LogP contribution in [0.25, 0.3) is 0 Å². The van der Waals surface area contributed by atoms with E-state index in [0.29, 0.717) is 10.0 Å². The van der Waals surface area contributed by atoms with Gasteiger partial charge in [-0.2, -0.15) is 0 Å². The van der Waals surface area contributed by atoms with E-state index in [2.05, 4.69) is 22.3 Å². The van der Waals surface area contributed by atoms with Crippen molar-refractivity contribution in [3.8, 4) is 0 Å². The second-order valence-electron chi connectivity index (χ2n) is 4.51. The highest BCUT2D eigenvalue weighted by molar-refractivity contribution is 6.42. The Morgan fingerprint density at radius 3 is 2.42 bits per heavy atom. The molecule has 0 heterocycles. The molecule has 0 saturated heterocycles. The molecule has 0 aliphatic heterocycles. The average molecular weight is 295 g/mol. The summed E-state index contributed by atoms with van der Waals surface area (Å²) in [6.07, 6.45) is 0. The van der Waals surface area contributed by atoms with E-state index in [4.69, 9.17) is 23.2 Å². The van der Waals surface area contributed by atoms with E-state index >= 15 is 0 Å². The van der Waals surface area contributed by atoms with Gasteiger partial charge in [0.05, 0.1) is 10.0 Å². The van der Waals surface area contributed by atoms with Gasteiger partial charge in [-0.25, -0.2) is 0 Å². The number of benzene rings is 2. The first kappa shape index (κ1) is 14.0. The molecule has 0 atom stereocenters. The maximum Gasteiger partial charge on any atom is 0.0612 e. The van der Waals surface area contributed by atoms with Crippen LogP contribution in [-0.2, 0) is 6.54 Å². The van der Waals surface area contributed by atoms with Gasteiger partial charge < -0.3 is 10.2 Å².